The van der Waals surface area contributed by atoms with Crippen LogP contribution in [0.3, 0.4) is 0 Å². The minimum absolute atomic E-state index is 1.08. The third-order valence-electron chi connectivity index (χ3n) is 1.32. The Morgan fingerprint density at radius 2 is 2.42 bits per heavy atom. The van der Waals surface area contributed by atoms with E-state index in [4.69, 9.17) is 0 Å². The molecule has 0 spiro atoms. The SMILES string of the molecule is C1=CNNCCC1.c1cscn1. The Balaban J connectivity index is 0.000000127. The molecule has 0 bridgehead atoms. The Hall–Kier alpha value is -0.870. The van der Waals surface area contributed by atoms with Crippen LogP contribution >= 0.6 is 11.3 Å². The molecule has 0 saturated carbocycles. The van der Waals surface area contributed by atoms with Gasteiger partial charge in [-0.3, -0.25) is 4.98 Å². The standard InChI is InChI=1S/C5H10N2.C3H3NS/c1-2-4-6-7-5-3-1;1-2-5-3-4-1/h2,4,6-7H,1,3,5H2;1-3H. The monoisotopic (exact) mass is 183 g/mol. The molecule has 0 atom stereocenters. The lowest BCUT2D eigenvalue weighted by atomic mass is 10.3. The number of nitrogens with one attached hydrogen (secondary N) is 2. The maximum Gasteiger partial charge on any atom is 0.0791 e. The molecule has 0 unspecified atom stereocenters. The summed E-state index contributed by atoms with van der Waals surface area (Å²) in [7, 11) is 0. The fraction of sp³-hybridized carbons (Fsp3) is 0.375. The van der Waals surface area contributed by atoms with Crippen LogP contribution in [0.5, 0.6) is 0 Å². The van der Waals surface area contributed by atoms with Gasteiger partial charge in [-0.15, -0.1) is 11.3 Å². The van der Waals surface area contributed by atoms with Gasteiger partial charge >= 0.3 is 0 Å². The summed E-state index contributed by atoms with van der Waals surface area (Å²) in [4.78, 5) is 3.74. The predicted octanol–water partition coefficient (Wildman–Crippen LogP) is 1.53. The van der Waals surface area contributed by atoms with Crippen LogP contribution in [0, 0.1) is 0 Å². The van der Waals surface area contributed by atoms with Crippen LogP contribution in [-0.2, 0) is 0 Å². The van der Waals surface area contributed by atoms with Gasteiger partial charge in [0.05, 0.1) is 5.51 Å². The lowest BCUT2D eigenvalue weighted by molar-refractivity contribution is 0.622. The minimum Gasteiger partial charge on any atom is -0.329 e. The largest absolute Gasteiger partial charge is 0.329 e. The lowest BCUT2D eigenvalue weighted by Gasteiger charge is -1.95. The van der Waals surface area contributed by atoms with E-state index in [1.165, 1.54) is 12.8 Å². The molecule has 12 heavy (non-hydrogen) atoms. The molecule has 0 saturated heterocycles. The molecule has 0 amide bonds. The average Bonchev–Trinajstić information content (AvgIpc) is 2.54. The maximum atomic E-state index is 3.74. The number of hydrogen-bond acceptors (Lipinski definition) is 4. The van der Waals surface area contributed by atoms with E-state index < -0.39 is 0 Å². The van der Waals surface area contributed by atoms with Gasteiger partial charge in [-0.2, -0.15) is 0 Å². The van der Waals surface area contributed by atoms with E-state index >= 15 is 0 Å². The van der Waals surface area contributed by atoms with Gasteiger partial charge in [0.25, 0.3) is 0 Å². The van der Waals surface area contributed by atoms with Crippen LogP contribution in [-0.4, -0.2) is 11.5 Å². The Kier molecular flexibility index (Phi) is 5.24. The van der Waals surface area contributed by atoms with Crippen LogP contribution < -0.4 is 10.9 Å². The van der Waals surface area contributed by atoms with E-state index in [1.807, 2.05) is 11.6 Å². The van der Waals surface area contributed by atoms with Crippen molar-refractivity contribution in [1.82, 2.24) is 15.8 Å². The second-order valence-electron chi connectivity index (χ2n) is 2.29. The fourth-order valence-corrected chi connectivity index (χ4v) is 1.11. The van der Waals surface area contributed by atoms with E-state index in [0.717, 1.165) is 6.54 Å². The first kappa shape index (κ1) is 9.22. The molecule has 66 valence electrons. The van der Waals surface area contributed by atoms with Gasteiger partial charge in [-0.25, -0.2) is 5.43 Å². The molecule has 2 heterocycles. The molecule has 0 radical (unpaired) electrons. The van der Waals surface area contributed by atoms with Crippen LogP contribution in [0.25, 0.3) is 0 Å². The number of nitrogens with zero attached hydrogens (tertiary/aromatic N) is 1. The summed E-state index contributed by atoms with van der Waals surface area (Å²) in [6, 6.07) is 0. The quantitative estimate of drug-likeness (QED) is 0.640. The average molecular weight is 183 g/mol. The van der Waals surface area contributed by atoms with Crippen molar-refractivity contribution in [3.63, 3.8) is 0 Å². The van der Waals surface area contributed by atoms with Crippen molar-refractivity contribution in [2.75, 3.05) is 6.54 Å². The molecule has 2 rings (SSSR count). The van der Waals surface area contributed by atoms with Crippen LogP contribution in [0.15, 0.2) is 29.4 Å². The highest BCUT2D eigenvalue weighted by Crippen LogP contribution is 1.89. The first-order valence-electron chi connectivity index (χ1n) is 3.95. The smallest absolute Gasteiger partial charge is 0.0791 e. The van der Waals surface area contributed by atoms with Gasteiger partial charge in [0.1, 0.15) is 0 Å². The molecule has 3 nitrogen and oxygen atoms in total. The van der Waals surface area contributed by atoms with Crippen molar-refractivity contribution in [2.45, 2.75) is 12.8 Å². The Morgan fingerprint density at radius 3 is 3.08 bits per heavy atom. The highest BCUT2D eigenvalue weighted by atomic mass is 32.1. The normalized spacial score (nSPS) is 15.3. The predicted molar refractivity (Wildman–Crippen MR) is 51.6 cm³/mol. The van der Waals surface area contributed by atoms with E-state index in [9.17, 15) is 0 Å². The number of hydrogen-bond donors (Lipinski definition) is 2. The highest BCUT2D eigenvalue weighted by molar-refractivity contribution is 7.07. The molecule has 1 aromatic rings. The van der Waals surface area contributed by atoms with Crippen molar-refractivity contribution < 1.29 is 0 Å². The van der Waals surface area contributed by atoms with Gasteiger partial charge in [-0.05, 0) is 12.8 Å². The molecule has 4 heteroatoms. The Bertz CT molecular complexity index is 171. The van der Waals surface area contributed by atoms with Crippen molar-refractivity contribution in [1.29, 1.82) is 0 Å². The number of thiazole rings is 1. The van der Waals surface area contributed by atoms with Crippen molar-refractivity contribution in [3.8, 4) is 0 Å². The molecular weight excluding hydrogens is 170 g/mol. The van der Waals surface area contributed by atoms with Gasteiger partial charge < -0.3 is 5.43 Å². The molecule has 0 aliphatic carbocycles. The van der Waals surface area contributed by atoms with E-state index in [2.05, 4.69) is 21.9 Å². The van der Waals surface area contributed by atoms with Gasteiger partial charge in [0.15, 0.2) is 0 Å². The zero-order valence-corrected chi connectivity index (χ0v) is 7.68. The van der Waals surface area contributed by atoms with E-state index in [0.29, 0.717) is 0 Å². The summed E-state index contributed by atoms with van der Waals surface area (Å²) in [5.41, 5.74) is 7.72. The topological polar surface area (TPSA) is 37.0 Å². The first-order valence-corrected chi connectivity index (χ1v) is 4.90. The summed E-state index contributed by atoms with van der Waals surface area (Å²) in [6.45, 7) is 1.08. The van der Waals surface area contributed by atoms with Crippen molar-refractivity contribution in [3.05, 3.63) is 29.4 Å². The molecule has 0 aromatic carbocycles. The molecule has 2 N–H and O–H groups in total. The van der Waals surface area contributed by atoms with Crippen molar-refractivity contribution >= 4 is 11.3 Å². The summed E-state index contributed by atoms with van der Waals surface area (Å²) in [5.74, 6) is 0. The van der Waals surface area contributed by atoms with Gasteiger partial charge in [-0.1, -0.05) is 6.08 Å². The second-order valence-corrected chi connectivity index (χ2v) is 3.05. The van der Waals surface area contributed by atoms with Gasteiger partial charge in [0.2, 0.25) is 0 Å². The summed E-state index contributed by atoms with van der Waals surface area (Å²) < 4.78 is 0. The summed E-state index contributed by atoms with van der Waals surface area (Å²) >= 11 is 1.60. The number of hydrazine groups is 1. The number of aromatic nitrogens is 1. The van der Waals surface area contributed by atoms with Crippen LogP contribution in [0.2, 0.25) is 0 Å². The third-order valence-corrected chi connectivity index (χ3v) is 1.85. The van der Waals surface area contributed by atoms with Crippen molar-refractivity contribution in [2.24, 2.45) is 0 Å². The molecule has 1 aliphatic heterocycles. The molecule has 1 aliphatic rings. The molecular formula is C8H13N3S. The third kappa shape index (κ3) is 4.87. The maximum absolute atomic E-state index is 3.74. The number of rotatable bonds is 0. The zero-order valence-electron chi connectivity index (χ0n) is 6.86. The first-order chi connectivity index (χ1) is 6.00. The Morgan fingerprint density at radius 1 is 1.42 bits per heavy atom. The zero-order chi connectivity index (χ0) is 8.49. The molecule has 1 aromatic heterocycles. The number of allylic oxidation sites excluding steroid dienone is 1. The van der Waals surface area contributed by atoms with Gasteiger partial charge in [0, 0.05) is 24.3 Å². The minimum atomic E-state index is 1.08. The fourth-order valence-electron chi connectivity index (χ4n) is 0.757. The summed E-state index contributed by atoms with van der Waals surface area (Å²) in [6.07, 6.45) is 8.27. The highest BCUT2D eigenvalue weighted by Gasteiger charge is 1.85. The summed E-state index contributed by atoms with van der Waals surface area (Å²) in [5, 5.41) is 1.93. The Labute approximate surface area is 76.5 Å². The lowest BCUT2D eigenvalue weighted by Crippen LogP contribution is -2.25. The van der Waals surface area contributed by atoms with Crippen LogP contribution in [0.1, 0.15) is 12.8 Å². The van der Waals surface area contributed by atoms with E-state index in [-0.39, 0.29) is 0 Å². The second kappa shape index (κ2) is 6.82. The van der Waals surface area contributed by atoms with Crippen LogP contribution in [0.4, 0.5) is 0 Å². The van der Waals surface area contributed by atoms with E-state index in [1.54, 1.807) is 23.0 Å². The molecule has 0 fully saturated rings.